The highest BCUT2D eigenvalue weighted by Gasteiger charge is 2.24. The van der Waals surface area contributed by atoms with Crippen molar-refractivity contribution in [1.29, 1.82) is 0 Å². The molecule has 0 fully saturated rings. The van der Waals surface area contributed by atoms with Gasteiger partial charge in [-0.25, -0.2) is 19.9 Å². The predicted octanol–water partition coefficient (Wildman–Crippen LogP) is 16.1. The minimum Gasteiger partial charge on any atom is -0.456 e. The van der Waals surface area contributed by atoms with E-state index in [0.717, 1.165) is 111 Å². The van der Waals surface area contributed by atoms with Gasteiger partial charge < -0.3 is 8.83 Å². The topological polar surface area (TPSA) is 90.7 Å². The van der Waals surface area contributed by atoms with Crippen LogP contribution in [0.5, 0.6) is 0 Å². The zero-order chi connectivity index (χ0) is 46.1. The molecule has 0 radical (unpaired) electrons. The molecular formula is C63H39N5O2. The fourth-order valence-corrected chi connectivity index (χ4v) is 10.3. The van der Waals surface area contributed by atoms with Gasteiger partial charge in [-0.1, -0.05) is 170 Å². The lowest BCUT2D eigenvalue weighted by atomic mass is 9.80. The van der Waals surface area contributed by atoms with Gasteiger partial charge in [-0.2, -0.15) is 0 Å². The van der Waals surface area contributed by atoms with Gasteiger partial charge in [0, 0.05) is 55.6 Å². The van der Waals surface area contributed by atoms with E-state index in [-0.39, 0.29) is 5.92 Å². The second-order valence-corrected chi connectivity index (χ2v) is 17.9. The lowest BCUT2D eigenvalue weighted by molar-refractivity contribution is 0.668. The molecule has 328 valence electrons. The number of rotatable bonds is 7. The Hall–Kier alpha value is -9.33. The molecule has 0 bridgehead atoms. The highest BCUT2D eigenvalue weighted by Crippen LogP contribution is 2.44. The third-order valence-corrected chi connectivity index (χ3v) is 13.8. The monoisotopic (exact) mass is 897 g/mol. The summed E-state index contributed by atoms with van der Waals surface area (Å²) in [5, 5.41) is 6.51. The van der Waals surface area contributed by atoms with Crippen molar-refractivity contribution in [2.24, 2.45) is 0 Å². The average Bonchev–Trinajstić information content (AvgIpc) is 4.02. The van der Waals surface area contributed by atoms with Crippen molar-refractivity contribution in [2.45, 2.75) is 12.3 Å². The minimum atomic E-state index is 0.0695. The molecule has 0 spiro atoms. The van der Waals surface area contributed by atoms with E-state index in [4.69, 9.17) is 33.8 Å². The summed E-state index contributed by atoms with van der Waals surface area (Å²) in [6, 6.07) is 69.1. The maximum atomic E-state index is 6.43. The third kappa shape index (κ3) is 6.78. The van der Waals surface area contributed by atoms with Crippen LogP contribution >= 0.6 is 0 Å². The molecule has 8 aromatic carbocycles. The molecule has 1 unspecified atom stereocenters. The van der Waals surface area contributed by atoms with Gasteiger partial charge in [0.05, 0.1) is 22.3 Å². The van der Waals surface area contributed by atoms with Crippen molar-refractivity contribution in [1.82, 2.24) is 24.9 Å². The molecule has 5 heterocycles. The summed E-state index contributed by atoms with van der Waals surface area (Å²) in [5.74, 6) is 1.82. The van der Waals surface area contributed by atoms with E-state index in [1.807, 2.05) is 79.0 Å². The molecular weight excluding hydrogens is 859 g/mol. The van der Waals surface area contributed by atoms with Crippen LogP contribution in [-0.2, 0) is 0 Å². The van der Waals surface area contributed by atoms with Crippen LogP contribution in [-0.4, -0.2) is 24.9 Å². The van der Waals surface area contributed by atoms with Gasteiger partial charge in [0.2, 0.25) is 0 Å². The zero-order valence-corrected chi connectivity index (χ0v) is 37.6. The maximum absolute atomic E-state index is 6.43. The molecule has 0 N–H and O–H groups in total. The summed E-state index contributed by atoms with van der Waals surface area (Å²) in [7, 11) is 0. The Labute approximate surface area is 401 Å². The zero-order valence-electron chi connectivity index (χ0n) is 37.6. The number of hydrogen-bond acceptors (Lipinski definition) is 7. The molecule has 0 aliphatic heterocycles. The fraction of sp³-hybridized carbons (Fsp3) is 0.0317. The summed E-state index contributed by atoms with van der Waals surface area (Å²) in [5.41, 5.74) is 15.7. The summed E-state index contributed by atoms with van der Waals surface area (Å²) < 4.78 is 12.8. The molecule has 70 heavy (non-hydrogen) atoms. The van der Waals surface area contributed by atoms with Crippen molar-refractivity contribution < 1.29 is 8.83 Å². The summed E-state index contributed by atoms with van der Waals surface area (Å²) in [6.45, 7) is 0. The van der Waals surface area contributed by atoms with Crippen LogP contribution in [0, 0.1) is 0 Å². The van der Waals surface area contributed by atoms with Crippen LogP contribution in [0.15, 0.2) is 227 Å². The lowest BCUT2D eigenvalue weighted by Crippen LogP contribution is -2.05. The summed E-state index contributed by atoms with van der Waals surface area (Å²) in [6.07, 6.45) is 7.37. The van der Waals surface area contributed by atoms with Crippen molar-refractivity contribution in [2.75, 3.05) is 0 Å². The Morgan fingerprint density at radius 1 is 0.414 bits per heavy atom. The van der Waals surface area contributed by atoms with E-state index in [2.05, 4.69) is 140 Å². The van der Waals surface area contributed by atoms with Gasteiger partial charge in [-0.05, 0) is 82.3 Å². The number of fused-ring (bicyclic) bond motifs is 9. The van der Waals surface area contributed by atoms with Gasteiger partial charge in [-0.15, -0.1) is 0 Å². The van der Waals surface area contributed by atoms with E-state index >= 15 is 0 Å². The smallest absolute Gasteiger partial charge is 0.167 e. The molecule has 1 aliphatic carbocycles. The largest absolute Gasteiger partial charge is 0.456 e. The summed E-state index contributed by atoms with van der Waals surface area (Å²) in [4.78, 5) is 25.2. The van der Waals surface area contributed by atoms with Gasteiger partial charge in [0.25, 0.3) is 0 Å². The quantitative estimate of drug-likeness (QED) is 0.147. The SMILES string of the molecule is C1=C(c2ccc(-c3ccc(-c4nc(-c5ccccc5)nc(-c5cccc6c5oc5ccccc56)n4)cc3)cc2)CC(c2cccc3oc4ccccc4c23)C=C1c1ccc2ccc3cccnc3c2n1. The number of nitrogens with zero attached hydrogens (tertiary/aromatic N) is 5. The maximum Gasteiger partial charge on any atom is 0.167 e. The Bertz CT molecular complexity index is 4260. The van der Waals surface area contributed by atoms with Crippen molar-refractivity contribution >= 4 is 76.8 Å². The first kappa shape index (κ1) is 39.8. The van der Waals surface area contributed by atoms with Crippen molar-refractivity contribution in [3.05, 3.63) is 235 Å². The molecule has 0 saturated heterocycles. The number of benzene rings is 8. The Morgan fingerprint density at radius 2 is 1.03 bits per heavy atom. The number of furan rings is 2. The van der Waals surface area contributed by atoms with E-state index in [1.165, 1.54) is 16.7 Å². The second-order valence-electron chi connectivity index (χ2n) is 17.9. The van der Waals surface area contributed by atoms with Gasteiger partial charge >= 0.3 is 0 Å². The second kappa shape index (κ2) is 16.2. The van der Waals surface area contributed by atoms with Crippen LogP contribution < -0.4 is 0 Å². The van der Waals surface area contributed by atoms with Gasteiger partial charge in [0.15, 0.2) is 17.5 Å². The fourth-order valence-electron chi connectivity index (χ4n) is 10.3. The Balaban J connectivity index is 0.823. The minimum absolute atomic E-state index is 0.0695. The molecule has 13 aromatic rings. The van der Waals surface area contributed by atoms with Gasteiger partial charge in [0.1, 0.15) is 22.3 Å². The standard InChI is InChI=1S/C63H39N5O2/c1-2-11-43(12-3-1)61-66-62(68-63(67-61)52-18-8-17-50-49-14-4-6-19-54(49)70-60(50)52)44-30-26-39(27-31-44)38-22-24-40(25-23-38)45-35-46(48-16-9-21-56-57(48)51-15-5-7-20-55(51)69-56)37-47(36-45)53-33-32-42-29-28-41-13-10-34-64-58(41)59(42)65-53/h1-34,36-37,46H,35H2. The first-order valence-corrected chi connectivity index (χ1v) is 23.6. The lowest BCUT2D eigenvalue weighted by Gasteiger charge is -2.24. The van der Waals surface area contributed by atoms with Crippen LogP contribution in [0.2, 0.25) is 0 Å². The molecule has 1 atom stereocenters. The molecule has 7 nitrogen and oxygen atoms in total. The highest BCUT2D eigenvalue weighted by atomic mass is 16.3. The Kier molecular flexibility index (Phi) is 9.20. The molecule has 0 saturated carbocycles. The first-order valence-electron chi connectivity index (χ1n) is 23.6. The van der Waals surface area contributed by atoms with E-state index < -0.39 is 0 Å². The van der Waals surface area contributed by atoms with Gasteiger partial charge in [-0.3, -0.25) is 4.98 Å². The number of hydrogen-bond donors (Lipinski definition) is 0. The van der Waals surface area contributed by atoms with Crippen molar-refractivity contribution in [3.8, 4) is 45.3 Å². The highest BCUT2D eigenvalue weighted by molar-refractivity contribution is 6.10. The van der Waals surface area contributed by atoms with Crippen molar-refractivity contribution in [3.63, 3.8) is 0 Å². The molecule has 1 aliphatic rings. The van der Waals surface area contributed by atoms with E-state index in [0.29, 0.717) is 17.5 Å². The normalized spacial score (nSPS) is 14.0. The summed E-state index contributed by atoms with van der Waals surface area (Å²) >= 11 is 0. The van der Waals surface area contributed by atoms with E-state index in [9.17, 15) is 0 Å². The van der Waals surface area contributed by atoms with E-state index in [1.54, 1.807) is 0 Å². The average molecular weight is 898 g/mol. The van der Waals surface area contributed by atoms with Crippen LogP contribution in [0.4, 0.5) is 0 Å². The molecule has 0 amide bonds. The Morgan fingerprint density at radius 3 is 1.83 bits per heavy atom. The number of pyridine rings is 2. The number of allylic oxidation sites excluding steroid dienone is 4. The first-order chi connectivity index (χ1) is 34.6. The molecule has 14 rings (SSSR count). The molecule has 5 aromatic heterocycles. The van der Waals surface area contributed by atoms with Crippen LogP contribution in [0.25, 0.3) is 122 Å². The van der Waals surface area contributed by atoms with Crippen LogP contribution in [0.3, 0.4) is 0 Å². The number of aromatic nitrogens is 5. The third-order valence-electron chi connectivity index (χ3n) is 13.8. The van der Waals surface area contributed by atoms with Crippen LogP contribution in [0.1, 0.15) is 29.2 Å². The predicted molar refractivity (Wildman–Crippen MR) is 283 cm³/mol. The molecule has 7 heteroatoms. The number of para-hydroxylation sites is 3.